The van der Waals surface area contributed by atoms with Gasteiger partial charge in [0.1, 0.15) is 5.54 Å². The SMILES string of the molecule is O=C(NC1(c2ccc(Cl)cc2)COC1)c1ccc(N2CCCC2)cc1. The Morgan fingerprint density at radius 2 is 1.64 bits per heavy atom. The standard InChI is InChI=1S/C20H21ClN2O2/c21-17-7-5-16(6-8-17)20(13-25-14-20)22-19(24)15-3-9-18(10-4-15)23-11-1-2-12-23/h3-10H,1-2,11-14H2,(H,22,24). The van der Waals surface area contributed by atoms with Crippen LogP contribution >= 0.6 is 11.6 Å². The fourth-order valence-electron chi connectivity index (χ4n) is 3.47. The van der Waals surface area contributed by atoms with Gasteiger partial charge < -0.3 is 15.0 Å². The van der Waals surface area contributed by atoms with Gasteiger partial charge in [-0.25, -0.2) is 0 Å². The van der Waals surface area contributed by atoms with Crippen LogP contribution in [0.5, 0.6) is 0 Å². The summed E-state index contributed by atoms with van der Waals surface area (Å²) in [6.45, 7) is 3.16. The summed E-state index contributed by atoms with van der Waals surface area (Å²) in [6.07, 6.45) is 2.48. The van der Waals surface area contributed by atoms with Crippen molar-refractivity contribution in [1.82, 2.24) is 5.32 Å². The first kappa shape index (κ1) is 16.4. The normalized spacial score (nSPS) is 18.7. The Morgan fingerprint density at radius 3 is 2.20 bits per heavy atom. The zero-order chi connectivity index (χ0) is 17.3. The van der Waals surface area contributed by atoms with Gasteiger partial charge in [-0.1, -0.05) is 23.7 Å². The van der Waals surface area contributed by atoms with Crippen molar-refractivity contribution in [3.8, 4) is 0 Å². The number of halogens is 1. The first-order chi connectivity index (χ1) is 12.2. The van der Waals surface area contributed by atoms with Crippen molar-refractivity contribution in [2.75, 3.05) is 31.2 Å². The van der Waals surface area contributed by atoms with Crippen LogP contribution in [-0.2, 0) is 10.3 Å². The molecular weight excluding hydrogens is 336 g/mol. The van der Waals surface area contributed by atoms with E-state index in [9.17, 15) is 4.79 Å². The van der Waals surface area contributed by atoms with E-state index >= 15 is 0 Å². The minimum Gasteiger partial charge on any atom is -0.376 e. The zero-order valence-corrected chi connectivity index (χ0v) is 14.8. The van der Waals surface area contributed by atoms with Crippen molar-refractivity contribution in [1.29, 1.82) is 0 Å². The number of rotatable bonds is 4. The molecule has 25 heavy (non-hydrogen) atoms. The van der Waals surface area contributed by atoms with Gasteiger partial charge in [0.15, 0.2) is 0 Å². The van der Waals surface area contributed by atoms with E-state index in [0.717, 1.165) is 18.7 Å². The highest BCUT2D eigenvalue weighted by Crippen LogP contribution is 2.31. The van der Waals surface area contributed by atoms with Crippen LogP contribution < -0.4 is 10.2 Å². The lowest BCUT2D eigenvalue weighted by Crippen LogP contribution is -2.59. The monoisotopic (exact) mass is 356 g/mol. The summed E-state index contributed by atoms with van der Waals surface area (Å²) in [6, 6.07) is 15.4. The molecule has 2 aromatic carbocycles. The summed E-state index contributed by atoms with van der Waals surface area (Å²) in [4.78, 5) is 15.1. The maximum atomic E-state index is 12.7. The fraction of sp³-hybridized carbons (Fsp3) is 0.350. The molecule has 0 aromatic heterocycles. The topological polar surface area (TPSA) is 41.6 Å². The number of hydrogen-bond donors (Lipinski definition) is 1. The van der Waals surface area contributed by atoms with E-state index in [1.54, 1.807) is 0 Å². The van der Waals surface area contributed by atoms with Crippen LogP contribution in [0.2, 0.25) is 5.02 Å². The minimum atomic E-state index is -0.463. The molecule has 0 bridgehead atoms. The minimum absolute atomic E-state index is 0.0776. The number of hydrogen-bond acceptors (Lipinski definition) is 3. The molecule has 0 atom stereocenters. The Labute approximate surface area is 152 Å². The number of nitrogens with one attached hydrogen (secondary N) is 1. The van der Waals surface area contributed by atoms with Crippen LogP contribution in [0, 0.1) is 0 Å². The Bertz CT molecular complexity index is 748. The van der Waals surface area contributed by atoms with Crippen LogP contribution in [0.3, 0.4) is 0 Å². The molecule has 0 aliphatic carbocycles. The highest BCUT2D eigenvalue weighted by molar-refractivity contribution is 6.30. The second kappa shape index (κ2) is 6.70. The molecule has 1 N–H and O–H groups in total. The Morgan fingerprint density at radius 1 is 1.00 bits per heavy atom. The van der Waals surface area contributed by atoms with Gasteiger partial charge in [-0.3, -0.25) is 4.79 Å². The van der Waals surface area contributed by atoms with Gasteiger partial charge in [0.25, 0.3) is 5.91 Å². The van der Waals surface area contributed by atoms with E-state index in [4.69, 9.17) is 16.3 Å². The van der Waals surface area contributed by atoms with E-state index < -0.39 is 5.54 Å². The van der Waals surface area contributed by atoms with E-state index in [1.165, 1.54) is 18.5 Å². The first-order valence-corrected chi connectivity index (χ1v) is 9.05. The summed E-state index contributed by atoms with van der Waals surface area (Å²) in [5.74, 6) is -0.0776. The van der Waals surface area contributed by atoms with Gasteiger partial charge in [0.2, 0.25) is 0 Å². The van der Waals surface area contributed by atoms with E-state index in [0.29, 0.717) is 23.8 Å². The molecule has 2 aliphatic heterocycles. The predicted molar refractivity (Wildman–Crippen MR) is 99.3 cm³/mol. The number of amides is 1. The van der Waals surface area contributed by atoms with Crippen molar-refractivity contribution < 1.29 is 9.53 Å². The molecule has 2 heterocycles. The molecule has 1 amide bonds. The van der Waals surface area contributed by atoms with Gasteiger partial charge in [0.05, 0.1) is 13.2 Å². The molecule has 2 saturated heterocycles. The molecule has 0 spiro atoms. The van der Waals surface area contributed by atoms with Crippen LogP contribution in [0.4, 0.5) is 5.69 Å². The number of carbonyl (C=O) groups is 1. The molecule has 0 unspecified atom stereocenters. The van der Waals surface area contributed by atoms with Gasteiger partial charge >= 0.3 is 0 Å². The first-order valence-electron chi connectivity index (χ1n) is 8.68. The smallest absolute Gasteiger partial charge is 0.252 e. The third kappa shape index (κ3) is 3.24. The highest BCUT2D eigenvalue weighted by Gasteiger charge is 2.41. The Hall–Kier alpha value is -2.04. The van der Waals surface area contributed by atoms with E-state index in [1.807, 2.05) is 48.5 Å². The van der Waals surface area contributed by atoms with Crippen molar-refractivity contribution >= 4 is 23.2 Å². The van der Waals surface area contributed by atoms with Crippen LogP contribution in [-0.4, -0.2) is 32.2 Å². The molecule has 0 radical (unpaired) electrons. The van der Waals surface area contributed by atoms with Gasteiger partial charge in [-0.2, -0.15) is 0 Å². The quantitative estimate of drug-likeness (QED) is 0.910. The summed E-state index contributed by atoms with van der Waals surface area (Å²) in [5.41, 5.74) is 2.41. The van der Waals surface area contributed by atoms with Crippen molar-refractivity contribution in [2.24, 2.45) is 0 Å². The lowest BCUT2D eigenvalue weighted by atomic mass is 9.87. The number of carbonyl (C=O) groups excluding carboxylic acids is 1. The Balaban J connectivity index is 1.49. The third-order valence-corrected chi connectivity index (χ3v) is 5.30. The lowest BCUT2D eigenvalue weighted by molar-refractivity contribution is -0.0733. The average Bonchev–Trinajstić information content (AvgIpc) is 3.14. The van der Waals surface area contributed by atoms with Gasteiger partial charge in [-0.15, -0.1) is 0 Å². The molecule has 0 saturated carbocycles. The fourth-order valence-corrected chi connectivity index (χ4v) is 3.60. The van der Waals surface area contributed by atoms with Crippen molar-refractivity contribution in [3.05, 3.63) is 64.7 Å². The highest BCUT2D eigenvalue weighted by atomic mass is 35.5. The number of benzene rings is 2. The zero-order valence-electron chi connectivity index (χ0n) is 14.0. The Kier molecular flexibility index (Phi) is 4.40. The van der Waals surface area contributed by atoms with Crippen molar-refractivity contribution in [3.63, 3.8) is 0 Å². The average molecular weight is 357 g/mol. The van der Waals surface area contributed by atoms with Crippen LogP contribution in [0.25, 0.3) is 0 Å². The van der Waals surface area contributed by atoms with E-state index in [2.05, 4.69) is 10.2 Å². The van der Waals surface area contributed by atoms with E-state index in [-0.39, 0.29) is 5.91 Å². The second-order valence-corrected chi connectivity index (χ2v) is 7.21. The largest absolute Gasteiger partial charge is 0.376 e. The number of nitrogens with zero attached hydrogens (tertiary/aromatic N) is 1. The van der Waals surface area contributed by atoms with Crippen LogP contribution in [0.15, 0.2) is 48.5 Å². The molecule has 2 fully saturated rings. The number of anilines is 1. The van der Waals surface area contributed by atoms with Gasteiger partial charge in [-0.05, 0) is 54.8 Å². The molecule has 4 rings (SSSR count). The maximum absolute atomic E-state index is 12.7. The molecular formula is C20H21ClN2O2. The molecule has 2 aliphatic rings. The maximum Gasteiger partial charge on any atom is 0.252 e. The second-order valence-electron chi connectivity index (χ2n) is 6.78. The molecule has 130 valence electrons. The summed E-state index contributed by atoms with van der Waals surface area (Å²) < 4.78 is 5.39. The molecule has 4 nitrogen and oxygen atoms in total. The summed E-state index contributed by atoms with van der Waals surface area (Å²) in [7, 11) is 0. The van der Waals surface area contributed by atoms with Crippen LogP contribution in [0.1, 0.15) is 28.8 Å². The molecule has 5 heteroatoms. The molecule has 2 aromatic rings. The summed E-state index contributed by atoms with van der Waals surface area (Å²) in [5, 5.41) is 3.83. The van der Waals surface area contributed by atoms with Gasteiger partial charge in [0, 0.05) is 29.4 Å². The summed E-state index contributed by atoms with van der Waals surface area (Å²) >= 11 is 5.97. The lowest BCUT2D eigenvalue weighted by Gasteiger charge is -2.42. The van der Waals surface area contributed by atoms with Crippen molar-refractivity contribution in [2.45, 2.75) is 18.4 Å². The predicted octanol–water partition coefficient (Wildman–Crippen LogP) is 3.60. The number of ether oxygens (including phenoxy) is 1. The third-order valence-electron chi connectivity index (χ3n) is 5.05.